The molecule has 0 atom stereocenters. The van der Waals surface area contributed by atoms with Gasteiger partial charge in [-0.15, -0.1) is 0 Å². The molecule has 2 heterocycles. The maximum atomic E-state index is 6.39. The number of anilines is 3. The number of nitrogens with zero attached hydrogens (tertiary/aromatic N) is 1. The minimum absolute atomic E-state index is 0.518. The summed E-state index contributed by atoms with van der Waals surface area (Å²) in [6.07, 6.45) is 0. The SMILES string of the molecule is c1ccc(-c2ccc(-c3ccc(N(c4ccc(-c5ccc6oc7ccccc7c6c5)cc4)c4cccc(C5(c6ccccc6)c6ccccc6-c6ccccc65)c4)cc3)o2)cc1. The van der Waals surface area contributed by atoms with Gasteiger partial charge in [0.1, 0.15) is 22.7 Å². The second kappa shape index (κ2) is 14.5. The van der Waals surface area contributed by atoms with Crippen LogP contribution in [-0.2, 0) is 5.41 Å². The van der Waals surface area contributed by atoms with Crippen molar-refractivity contribution in [3.8, 4) is 44.9 Å². The number of fused-ring (bicyclic) bond motifs is 6. The highest BCUT2D eigenvalue weighted by Crippen LogP contribution is 2.56. The molecule has 12 rings (SSSR count). The van der Waals surface area contributed by atoms with E-state index in [4.69, 9.17) is 8.83 Å². The van der Waals surface area contributed by atoms with Crippen molar-refractivity contribution in [2.75, 3.05) is 4.90 Å². The Morgan fingerprint density at radius 2 is 0.839 bits per heavy atom. The quantitative estimate of drug-likeness (QED) is 0.153. The van der Waals surface area contributed by atoms with E-state index in [1.807, 2.05) is 36.4 Å². The molecule has 2 aromatic heterocycles. The van der Waals surface area contributed by atoms with Crippen LogP contribution in [0.15, 0.2) is 245 Å². The molecule has 0 radical (unpaired) electrons. The summed E-state index contributed by atoms with van der Waals surface area (Å²) in [7, 11) is 0. The summed E-state index contributed by atoms with van der Waals surface area (Å²) in [6, 6.07) is 84.7. The zero-order valence-corrected chi connectivity index (χ0v) is 33.8. The van der Waals surface area contributed by atoms with Gasteiger partial charge in [-0.2, -0.15) is 0 Å². The van der Waals surface area contributed by atoms with Crippen LogP contribution in [0.5, 0.6) is 0 Å². The van der Waals surface area contributed by atoms with Crippen LogP contribution >= 0.6 is 0 Å². The summed E-state index contributed by atoms with van der Waals surface area (Å²) in [6.45, 7) is 0. The molecule has 0 bridgehead atoms. The van der Waals surface area contributed by atoms with Crippen molar-refractivity contribution in [3.63, 3.8) is 0 Å². The molecule has 3 nitrogen and oxygen atoms in total. The van der Waals surface area contributed by atoms with Crippen molar-refractivity contribution in [3.05, 3.63) is 259 Å². The van der Waals surface area contributed by atoms with Gasteiger partial charge in [-0.3, -0.25) is 0 Å². The second-order valence-electron chi connectivity index (χ2n) is 16.0. The largest absolute Gasteiger partial charge is 0.456 e. The Morgan fingerprint density at radius 3 is 1.53 bits per heavy atom. The predicted molar refractivity (Wildman–Crippen MR) is 254 cm³/mol. The van der Waals surface area contributed by atoms with Gasteiger partial charge in [0.25, 0.3) is 0 Å². The van der Waals surface area contributed by atoms with Crippen LogP contribution in [0.4, 0.5) is 17.1 Å². The summed E-state index contributed by atoms with van der Waals surface area (Å²) in [5.74, 6) is 1.68. The first-order chi connectivity index (χ1) is 30.7. The average Bonchev–Trinajstić information content (AvgIpc) is 4.07. The van der Waals surface area contributed by atoms with Gasteiger partial charge in [0, 0.05) is 39.0 Å². The smallest absolute Gasteiger partial charge is 0.135 e. The molecule has 1 aliphatic carbocycles. The van der Waals surface area contributed by atoms with E-state index in [1.165, 1.54) is 33.4 Å². The molecule has 292 valence electrons. The lowest BCUT2D eigenvalue weighted by molar-refractivity contribution is 0.597. The van der Waals surface area contributed by atoms with Crippen molar-refractivity contribution in [2.24, 2.45) is 0 Å². The van der Waals surface area contributed by atoms with Crippen molar-refractivity contribution in [1.29, 1.82) is 0 Å². The molecule has 9 aromatic carbocycles. The summed E-state index contributed by atoms with van der Waals surface area (Å²) < 4.78 is 12.5. The minimum atomic E-state index is -0.518. The molecule has 3 heteroatoms. The first-order valence-corrected chi connectivity index (χ1v) is 21.2. The van der Waals surface area contributed by atoms with Gasteiger partial charge in [0.2, 0.25) is 0 Å². The summed E-state index contributed by atoms with van der Waals surface area (Å²) in [5.41, 5.74) is 16.4. The summed E-state index contributed by atoms with van der Waals surface area (Å²) in [4.78, 5) is 2.37. The first kappa shape index (κ1) is 35.8. The van der Waals surface area contributed by atoms with Crippen molar-refractivity contribution in [2.45, 2.75) is 5.41 Å². The molecule has 0 spiro atoms. The van der Waals surface area contributed by atoms with Gasteiger partial charge in [-0.05, 0) is 123 Å². The molecule has 0 fully saturated rings. The highest BCUT2D eigenvalue weighted by molar-refractivity contribution is 6.06. The van der Waals surface area contributed by atoms with Gasteiger partial charge in [-0.1, -0.05) is 158 Å². The van der Waals surface area contributed by atoms with Crippen LogP contribution in [0.1, 0.15) is 22.3 Å². The van der Waals surface area contributed by atoms with Gasteiger partial charge in [0.15, 0.2) is 0 Å². The highest BCUT2D eigenvalue weighted by Gasteiger charge is 2.46. The lowest BCUT2D eigenvalue weighted by Gasteiger charge is -2.35. The zero-order chi connectivity index (χ0) is 41.0. The zero-order valence-electron chi connectivity index (χ0n) is 33.8. The van der Waals surface area contributed by atoms with Gasteiger partial charge < -0.3 is 13.7 Å². The van der Waals surface area contributed by atoms with E-state index >= 15 is 0 Å². The summed E-state index contributed by atoms with van der Waals surface area (Å²) in [5, 5.41) is 2.25. The lowest BCUT2D eigenvalue weighted by atomic mass is 9.67. The lowest BCUT2D eigenvalue weighted by Crippen LogP contribution is -2.28. The van der Waals surface area contributed by atoms with Gasteiger partial charge in [-0.25, -0.2) is 0 Å². The maximum absolute atomic E-state index is 6.39. The Balaban J connectivity index is 0.997. The number of hydrogen-bond acceptors (Lipinski definition) is 3. The molecule has 0 saturated carbocycles. The van der Waals surface area contributed by atoms with E-state index in [-0.39, 0.29) is 0 Å². The topological polar surface area (TPSA) is 29.5 Å². The third-order valence-corrected chi connectivity index (χ3v) is 12.6. The first-order valence-electron chi connectivity index (χ1n) is 21.2. The maximum Gasteiger partial charge on any atom is 0.135 e. The van der Waals surface area contributed by atoms with Crippen LogP contribution in [0, 0.1) is 0 Å². The molecule has 0 aliphatic heterocycles. The molecule has 0 amide bonds. The van der Waals surface area contributed by atoms with Gasteiger partial charge in [0.05, 0.1) is 5.41 Å². The predicted octanol–water partition coefficient (Wildman–Crippen LogP) is 16.0. The number of para-hydroxylation sites is 1. The number of rotatable bonds is 8. The standard InChI is InChI=1S/C59H39NO2/c1-3-14-41(15-4-1)55-36-37-56(61-55)42-28-33-47(34-29-42)60(46-31-26-40(27-32-46)43-30-35-58-52(38-43)51-22-9-12-25-57(51)62-58)48-19-13-18-45(39-48)59(44-16-5-2-6-17-44)53-23-10-7-20-49(53)50-21-8-11-24-54(50)59/h1-39H. The number of hydrogen-bond donors (Lipinski definition) is 0. The molecule has 0 saturated heterocycles. The minimum Gasteiger partial charge on any atom is -0.456 e. The van der Waals surface area contributed by atoms with Crippen LogP contribution in [0.3, 0.4) is 0 Å². The number of furan rings is 2. The molecule has 11 aromatic rings. The average molecular weight is 794 g/mol. The van der Waals surface area contributed by atoms with Gasteiger partial charge >= 0.3 is 0 Å². The Hall–Kier alpha value is -8.14. The Bertz CT molecular complexity index is 3350. The van der Waals surface area contributed by atoms with E-state index < -0.39 is 5.41 Å². The fourth-order valence-corrected chi connectivity index (χ4v) is 9.77. The molecule has 1 aliphatic rings. The molecule has 0 N–H and O–H groups in total. The Morgan fingerprint density at radius 1 is 0.306 bits per heavy atom. The van der Waals surface area contributed by atoms with Crippen LogP contribution < -0.4 is 4.90 Å². The normalized spacial score (nSPS) is 12.6. The fourth-order valence-electron chi connectivity index (χ4n) is 9.77. The van der Waals surface area contributed by atoms with Crippen molar-refractivity contribution in [1.82, 2.24) is 0 Å². The molecule has 62 heavy (non-hydrogen) atoms. The monoisotopic (exact) mass is 793 g/mol. The Labute approximate surface area is 360 Å². The second-order valence-corrected chi connectivity index (χ2v) is 16.0. The molecule has 0 unspecified atom stereocenters. The van der Waals surface area contributed by atoms with Crippen LogP contribution in [0.2, 0.25) is 0 Å². The van der Waals surface area contributed by atoms with E-state index in [0.29, 0.717) is 0 Å². The highest BCUT2D eigenvalue weighted by atomic mass is 16.3. The Kier molecular flexibility index (Phi) is 8.39. The molecular formula is C59H39NO2. The van der Waals surface area contributed by atoms with Crippen LogP contribution in [-0.4, -0.2) is 0 Å². The molecular weight excluding hydrogens is 755 g/mol. The van der Waals surface area contributed by atoms with E-state index in [0.717, 1.165) is 72.8 Å². The van der Waals surface area contributed by atoms with Crippen molar-refractivity contribution < 1.29 is 8.83 Å². The van der Waals surface area contributed by atoms with E-state index in [9.17, 15) is 0 Å². The van der Waals surface area contributed by atoms with E-state index in [2.05, 4.69) is 205 Å². The third-order valence-electron chi connectivity index (χ3n) is 12.6. The van der Waals surface area contributed by atoms with E-state index in [1.54, 1.807) is 0 Å². The number of benzene rings is 9. The van der Waals surface area contributed by atoms with Crippen LogP contribution in [0.25, 0.3) is 66.8 Å². The third kappa shape index (κ3) is 5.74. The van der Waals surface area contributed by atoms with Crippen molar-refractivity contribution >= 4 is 39.0 Å². The summed E-state index contributed by atoms with van der Waals surface area (Å²) >= 11 is 0. The fraction of sp³-hybridized carbons (Fsp3) is 0.0169.